The number of rotatable bonds is 11. The lowest BCUT2D eigenvalue weighted by molar-refractivity contribution is -0.721. The van der Waals surface area contributed by atoms with Crippen molar-refractivity contribution in [2.24, 2.45) is 11.8 Å². The van der Waals surface area contributed by atoms with E-state index in [9.17, 15) is 24.8 Å². The molecule has 2 aromatic carbocycles. The number of carbonyl (C=O) groups is 2. The van der Waals surface area contributed by atoms with E-state index in [1.807, 2.05) is 37.8 Å². The zero-order valence-corrected chi connectivity index (χ0v) is 32.1. The Morgan fingerprint density at radius 2 is 1.88 bits per heavy atom. The van der Waals surface area contributed by atoms with E-state index in [-0.39, 0.29) is 40.9 Å². The molecule has 11 nitrogen and oxygen atoms in total. The highest BCUT2D eigenvalue weighted by Crippen LogP contribution is 2.52. The topological polar surface area (TPSA) is 128 Å². The quantitative estimate of drug-likeness (QED) is 0.0345. The summed E-state index contributed by atoms with van der Waals surface area (Å²) >= 11 is 3.19. The van der Waals surface area contributed by atoms with Crippen LogP contribution in [0.3, 0.4) is 0 Å². The number of aliphatic hydroxyl groups is 1. The monoisotopic (exact) mass is 735 g/mol. The number of non-ortho nitro benzene ring substituents is 1. The van der Waals surface area contributed by atoms with Gasteiger partial charge in [0.05, 0.1) is 27.9 Å². The van der Waals surface area contributed by atoms with Crippen molar-refractivity contribution in [1.29, 1.82) is 0 Å². The second-order valence-corrected chi connectivity index (χ2v) is 21.1. The number of esters is 1. The molecule has 0 spiro atoms. The van der Waals surface area contributed by atoms with Crippen LogP contribution >= 0.6 is 23.1 Å². The summed E-state index contributed by atoms with van der Waals surface area (Å²) in [4.78, 5) is 41.0. The van der Waals surface area contributed by atoms with Gasteiger partial charge in [-0.1, -0.05) is 62.9 Å². The van der Waals surface area contributed by atoms with Gasteiger partial charge in [0.2, 0.25) is 24.1 Å². The van der Waals surface area contributed by atoms with Crippen LogP contribution in [-0.2, 0) is 27.5 Å². The number of β-lactam (4-membered cyclic amide) rings is 1. The first kappa shape index (κ1) is 35.8. The van der Waals surface area contributed by atoms with E-state index in [4.69, 9.17) is 9.16 Å². The fraction of sp³-hybridized carbons (Fsp3) is 0.417. The Labute approximate surface area is 300 Å². The van der Waals surface area contributed by atoms with E-state index < -0.39 is 31.2 Å². The van der Waals surface area contributed by atoms with Gasteiger partial charge >= 0.3 is 5.97 Å². The molecule has 14 heteroatoms. The highest BCUT2D eigenvalue weighted by Gasteiger charge is 2.60. The average Bonchev–Trinajstić information content (AvgIpc) is 3.66. The van der Waals surface area contributed by atoms with Crippen LogP contribution in [-0.4, -0.2) is 57.9 Å². The molecule has 0 radical (unpaired) electrons. The van der Waals surface area contributed by atoms with Gasteiger partial charge in [-0.05, 0) is 66.7 Å². The third kappa shape index (κ3) is 6.38. The average molecular weight is 736 g/mol. The molecule has 6 rings (SSSR count). The lowest BCUT2D eigenvalue weighted by Crippen LogP contribution is -2.63. The minimum Gasteiger partial charge on any atom is -0.543 e. The minimum absolute atomic E-state index is 0.0583. The number of benzene rings is 2. The summed E-state index contributed by atoms with van der Waals surface area (Å²) in [6, 6.07) is 13.7. The van der Waals surface area contributed by atoms with Crippen LogP contribution in [0.4, 0.5) is 5.69 Å². The molecule has 4 heterocycles. The van der Waals surface area contributed by atoms with Gasteiger partial charge in [-0.25, -0.2) is 9.36 Å². The maximum Gasteiger partial charge on any atom is 0.355 e. The fourth-order valence-corrected chi connectivity index (χ4v) is 9.74. The third-order valence-electron chi connectivity index (χ3n) is 10.2. The summed E-state index contributed by atoms with van der Waals surface area (Å²) in [5, 5.41) is 22.7. The van der Waals surface area contributed by atoms with Crippen LogP contribution in [0, 0.1) is 22.0 Å². The summed E-state index contributed by atoms with van der Waals surface area (Å²) in [5.74, 6) is -0.923. The minimum atomic E-state index is -1.99. The molecule has 1 N–H and O–H groups in total. The lowest BCUT2D eigenvalue weighted by Gasteiger charge is -2.46. The van der Waals surface area contributed by atoms with E-state index in [0.29, 0.717) is 17.7 Å². The van der Waals surface area contributed by atoms with Gasteiger partial charge in [0.1, 0.15) is 30.8 Å². The smallest absolute Gasteiger partial charge is 0.355 e. The number of ether oxygens (including phenoxy) is 1. The molecule has 0 aliphatic carbocycles. The molecule has 0 saturated carbocycles. The highest BCUT2D eigenvalue weighted by molar-refractivity contribution is 7.98. The van der Waals surface area contributed by atoms with Crippen molar-refractivity contribution in [2.75, 3.05) is 6.26 Å². The van der Waals surface area contributed by atoms with E-state index in [2.05, 4.69) is 55.0 Å². The number of nitrogens with zero attached hydrogens (tertiary/aromatic N) is 4. The van der Waals surface area contributed by atoms with Crippen LogP contribution in [0.1, 0.15) is 50.6 Å². The van der Waals surface area contributed by atoms with Gasteiger partial charge in [0, 0.05) is 23.6 Å². The molecule has 4 aromatic rings. The van der Waals surface area contributed by atoms with Crippen LogP contribution in [0.5, 0.6) is 5.75 Å². The number of aromatic nitrogens is 2. The van der Waals surface area contributed by atoms with Crippen molar-refractivity contribution in [2.45, 2.75) is 83.1 Å². The van der Waals surface area contributed by atoms with Gasteiger partial charge in [0.25, 0.3) is 12.0 Å². The highest BCUT2D eigenvalue weighted by atomic mass is 32.2. The van der Waals surface area contributed by atoms with E-state index in [0.717, 1.165) is 26.0 Å². The molecule has 0 unspecified atom stereocenters. The molecular weight excluding hydrogens is 693 g/mol. The van der Waals surface area contributed by atoms with Crippen LogP contribution in [0.25, 0.3) is 10.4 Å². The molecule has 2 aromatic heterocycles. The van der Waals surface area contributed by atoms with Gasteiger partial charge < -0.3 is 19.2 Å². The first-order chi connectivity index (χ1) is 23.5. The van der Waals surface area contributed by atoms with Crippen molar-refractivity contribution in [1.82, 2.24) is 9.30 Å². The predicted octanol–water partition coefficient (Wildman–Crippen LogP) is 6.66. The molecule has 1 amide bonds. The second kappa shape index (κ2) is 13.3. The second-order valence-electron chi connectivity index (χ2n) is 14.6. The molecular formula is C36H43N4O7S2Si+. The SMILES string of the molecule is CSc1c2sc(C3=C(C(=O)OCc4ccc([N+](=O)[O-])cc4)N4C(=O)[C@H]([C@@H](C)O)[C@H]4[C@H]3C)cn2c[n+]1Cc1cccc(O[Si](C)(C)C(C)(C)C)c1. The molecule has 0 bridgehead atoms. The first-order valence-electron chi connectivity index (χ1n) is 16.5. The third-order valence-corrected chi connectivity index (χ3v) is 16.6. The van der Waals surface area contributed by atoms with Gasteiger partial charge in [-0.2, -0.15) is 4.40 Å². The molecule has 2 aliphatic rings. The van der Waals surface area contributed by atoms with E-state index in [1.165, 1.54) is 17.0 Å². The van der Waals surface area contributed by atoms with Gasteiger partial charge in [-0.15, -0.1) is 0 Å². The van der Waals surface area contributed by atoms with E-state index in [1.54, 1.807) is 42.2 Å². The normalized spacial score (nSPS) is 19.8. The van der Waals surface area contributed by atoms with Crippen LogP contribution < -0.4 is 8.99 Å². The number of fused-ring (bicyclic) bond motifs is 2. The molecule has 4 atom stereocenters. The summed E-state index contributed by atoms with van der Waals surface area (Å²) in [6.45, 7) is 15.3. The molecule has 50 heavy (non-hydrogen) atoms. The Morgan fingerprint density at radius 1 is 1.18 bits per heavy atom. The molecule has 1 fully saturated rings. The zero-order chi connectivity index (χ0) is 36.3. The lowest BCUT2D eigenvalue weighted by atomic mass is 9.77. The number of amides is 1. The number of thiazole rings is 1. The summed E-state index contributed by atoms with van der Waals surface area (Å²) in [7, 11) is -1.99. The number of aliphatic hydroxyl groups excluding tert-OH is 1. The number of nitro groups is 1. The van der Waals surface area contributed by atoms with Gasteiger partial charge in [-0.3, -0.25) is 14.9 Å². The van der Waals surface area contributed by atoms with Crippen molar-refractivity contribution >= 4 is 59.4 Å². The fourth-order valence-electron chi connectivity index (χ4n) is 6.54. The van der Waals surface area contributed by atoms with Crippen LogP contribution in [0.15, 0.2) is 71.8 Å². The molecule has 1 saturated heterocycles. The zero-order valence-electron chi connectivity index (χ0n) is 29.5. The standard InChI is InChI=1S/C36H43N4O7S2Si/c1-21-28(31(39-30(21)29(22(2)41)32(39)42)35(43)46-19-23-12-14-25(15-13-23)40(44)45)27-18-38-20-37(33(48-6)34(38)49-27)17-24-10-9-11-26(16-24)47-50(7,8)36(3,4)5/h9-16,18,20-22,29-30,41H,17,19H2,1-8H3/q+1/t21-,22+,29+,30+/m0/s1. The number of carbonyl (C=O) groups excluding carboxylic acids is 2. The Balaban J connectivity index is 1.31. The van der Waals surface area contributed by atoms with Crippen molar-refractivity contribution < 1.29 is 33.3 Å². The number of hydrogen-bond acceptors (Lipinski definition) is 9. The summed E-state index contributed by atoms with van der Waals surface area (Å²) in [6.07, 6.45) is 5.22. The predicted molar refractivity (Wildman–Crippen MR) is 195 cm³/mol. The number of thioether (sulfide) groups is 1. The van der Waals surface area contributed by atoms with Crippen molar-refractivity contribution in [3.63, 3.8) is 0 Å². The molecule has 264 valence electrons. The Kier molecular flexibility index (Phi) is 9.52. The van der Waals surface area contributed by atoms with Crippen LogP contribution in [0.2, 0.25) is 18.1 Å². The maximum atomic E-state index is 13.8. The molecule has 2 aliphatic heterocycles. The largest absolute Gasteiger partial charge is 0.543 e. The number of hydrogen-bond donors (Lipinski definition) is 1. The van der Waals surface area contributed by atoms with Crippen molar-refractivity contribution in [3.8, 4) is 5.75 Å². The Hall–Kier alpha value is -3.98. The first-order valence-corrected chi connectivity index (χ1v) is 21.5. The number of imidazole rings is 1. The Bertz CT molecular complexity index is 2010. The van der Waals surface area contributed by atoms with Crippen molar-refractivity contribution in [3.05, 3.63) is 92.9 Å². The summed E-state index contributed by atoms with van der Waals surface area (Å²) < 4.78 is 16.6. The maximum absolute atomic E-state index is 13.8. The van der Waals surface area contributed by atoms with Gasteiger partial charge in [0.15, 0.2) is 0 Å². The number of nitro benzene ring substituents is 1. The Morgan fingerprint density at radius 3 is 2.50 bits per heavy atom. The van der Waals surface area contributed by atoms with E-state index >= 15 is 0 Å². The summed E-state index contributed by atoms with van der Waals surface area (Å²) in [5.41, 5.74) is 2.55.